The number of anilines is 2. The highest BCUT2D eigenvalue weighted by Crippen LogP contribution is 2.47. The number of imide groups is 1. The molecule has 0 spiro atoms. The van der Waals surface area contributed by atoms with E-state index >= 15 is 0 Å². The summed E-state index contributed by atoms with van der Waals surface area (Å²) in [6.45, 7) is 5.94. The molecule has 5 rings (SSSR count). The number of carbonyl (C=O) groups excluding carboxylic acids is 2. The number of aryl methyl sites for hydroxylation is 3. The molecular weight excluding hydrogens is 388 g/mol. The molecule has 2 saturated heterocycles. The predicted molar refractivity (Wildman–Crippen MR) is 120 cm³/mol. The Balaban J connectivity index is 1.59. The number of hydrogen-bond donors (Lipinski definition) is 0. The number of carbonyl (C=O) groups is 2. The molecule has 156 valence electrons. The Kier molecular flexibility index (Phi) is 4.63. The first-order valence-electron chi connectivity index (χ1n) is 10.5. The van der Waals surface area contributed by atoms with Gasteiger partial charge in [0.05, 0.1) is 17.4 Å². The van der Waals surface area contributed by atoms with E-state index in [2.05, 4.69) is 0 Å². The van der Waals surface area contributed by atoms with Crippen molar-refractivity contribution in [1.82, 2.24) is 0 Å². The molecule has 2 amide bonds. The van der Waals surface area contributed by atoms with Crippen LogP contribution in [0, 0.1) is 26.7 Å². The van der Waals surface area contributed by atoms with Crippen LogP contribution in [0.5, 0.6) is 0 Å². The Morgan fingerprint density at radius 3 is 2.13 bits per heavy atom. The summed E-state index contributed by atoms with van der Waals surface area (Å²) in [4.78, 5) is 34.6. The minimum absolute atomic E-state index is 0.217. The summed E-state index contributed by atoms with van der Waals surface area (Å²) in [7, 11) is 0. The molecule has 0 radical (unpaired) electrons. The average Bonchev–Trinajstić information content (AvgIpc) is 3.26. The lowest BCUT2D eigenvalue weighted by molar-refractivity contribution is -0.126. The van der Waals surface area contributed by atoms with Crippen LogP contribution in [0.4, 0.5) is 11.4 Å². The molecule has 31 heavy (non-hydrogen) atoms. The second-order valence-electron chi connectivity index (χ2n) is 8.37. The number of para-hydroxylation sites is 1. The molecule has 2 aliphatic rings. The van der Waals surface area contributed by atoms with Gasteiger partial charge in [0.15, 0.2) is 6.10 Å². The zero-order valence-electron chi connectivity index (χ0n) is 17.8. The SMILES string of the molecule is Cc1ccc(C2C3C(=O)N(c4ccc(C)cc4C)C(=O)C3ON2c2ccccc2)cc1. The maximum atomic E-state index is 13.7. The average molecular weight is 412 g/mol. The standard InChI is InChI=1S/C26H24N2O3/c1-16-9-12-19(13-10-16)23-22-24(31-28(23)20-7-5-4-6-8-20)26(30)27(25(22)29)21-14-11-17(2)15-18(21)3/h4-15,22-24H,1-3H3. The van der Waals surface area contributed by atoms with Crippen molar-refractivity contribution < 1.29 is 14.4 Å². The fourth-order valence-corrected chi connectivity index (χ4v) is 4.61. The quantitative estimate of drug-likeness (QED) is 0.587. The lowest BCUT2D eigenvalue weighted by Crippen LogP contribution is -2.37. The van der Waals surface area contributed by atoms with Crippen molar-refractivity contribution in [2.45, 2.75) is 32.9 Å². The van der Waals surface area contributed by atoms with E-state index in [1.807, 2.05) is 93.6 Å². The normalized spacial score (nSPS) is 22.9. The Morgan fingerprint density at radius 1 is 0.774 bits per heavy atom. The van der Waals surface area contributed by atoms with Gasteiger partial charge in [0.2, 0.25) is 5.91 Å². The van der Waals surface area contributed by atoms with Gasteiger partial charge < -0.3 is 0 Å². The smallest absolute Gasteiger partial charge is 0.266 e. The molecule has 2 aliphatic heterocycles. The Bertz CT molecular complexity index is 1160. The van der Waals surface area contributed by atoms with Crippen molar-refractivity contribution in [3.8, 4) is 0 Å². The topological polar surface area (TPSA) is 49.9 Å². The predicted octanol–water partition coefficient (Wildman–Crippen LogP) is 4.66. The molecule has 2 fully saturated rings. The minimum atomic E-state index is -0.847. The molecule has 0 bridgehead atoms. The zero-order valence-corrected chi connectivity index (χ0v) is 17.8. The number of nitrogens with zero attached hydrogens (tertiary/aromatic N) is 2. The largest absolute Gasteiger partial charge is 0.273 e. The number of rotatable bonds is 3. The summed E-state index contributed by atoms with van der Waals surface area (Å²) in [5.74, 6) is -1.14. The maximum absolute atomic E-state index is 13.7. The number of benzene rings is 3. The molecule has 2 heterocycles. The summed E-state index contributed by atoms with van der Waals surface area (Å²) < 4.78 is 0. The van der Waals surface area contributed by atoms with E-state index in [0.29, 0.717) is 5.69 Å². The van der Waals surface area contributed by atoms with Gasteiger partial charge in [-0.25, -0.2) is 9.96 Å². The van der Waals surface area contributed by atoms with Crippen LogP contribution in [-0.4, -0.2) is 17.9 Å². The summed E-state index contributed by atoms with van der Waals surface area (Å²) in [6.07, 6.45) is -0.847. The zero-order chi connectivity index (χ0) is 21.7. The first-order valence-corrected chi connectivity index (χ1v) is 10.5. The lowest BCUT2D eigenvalue weighted by atomic mass is 9.90. The number of hydroxylamine groups is 1. The number of hydrogen-bond acceptors (Lipinski definition) is 4. The van der Waals surface area contributed by atoms with Crippen LogP contribution in [0.2, 0.25) is 0 Å². The summed E-state index contributed by atoms with van der Waals surface area (Å²) >= 11 is 0. The molecule has 0 saturated carbocycles. The fourth-order valence-electron chi connectivity index (χ4n) is 4.61. The third-order valence-electron chi connectivity index (χ3n) is 6.14. The van der Waals surface area contributed by atoms with E-state index in [9.17, 15) is 9.59 Å². The van der Waals surface area contributed by atoms with Crippen molar-refractivity contribution in [3.05, 3.63) is 95.1 Å². The van der Waals surface area contributed by atoms with Gasteiger partial charge in [-0.15, -0.1) is 0 Å². The van der Waals surface area contributed by atoms with Crippen LogP contribution in [0.25, 0.3) is 0 Å². The van der Waals surface area contributed by atoms with Crippen molar-refractivity contribution in [1.29, 1.82) is 0 Å². The van der Waals surface area contributed by atoms with Crippen molar-refractivity contribution in [2.75, 3.05) is 9.96 Å². The van der Waals surface area contributed by atoms with Crippen molar-refractivity contribution >= 4 is 23.2 Å². The minimum Gasteiger partial charge on any atom is -0.273 e. The molecule has 5 heteroatoms. The van der Waals surface area contributed by atoms with Gasteiger partial charge in [-0.1, -0.05) is 65.7 Å². The second-order valence-corrected chi connectivity index (χ2v) is 8.37. The summed E-state index contributed by atoms with van der Waals surface area (Å²) in [5.41, 5.74) is 5.52. The van der Waals surface area contributed by atoms with Gasteiger partial charge in [-0.2, -0.15) is 0 Å². The van der Waals surface area contributed by atoms with Crippen LogP contribution in [-0.2, 0) is 14.4 Å². The first-order chi connectivity index (χ1) is 15.0. The monoisotopic (exact) mass is 412 g/mol. The summed E-state index contributed by atoms with van der Waals surface area (Å²) in [5, 5.41) is 1.73. The van der Waals surface area contributed by atoms with Crippen LogP contribution in [0.1, 0.15) is 28.3 Å². The van der Waals surface area contributed by atoms with Gasteiger partial charge in [0.1, 0.15) is 5.92 Å². The molecule has 3 aromatic rings. The number of fused-ring (bicyclic) bond motifs is 1. The molecule has 0 N–H and O–H groups in total. The van der Waals surface area contributed by atoms with E-state index in [4.69, 9.17) is 4.84 Å². The van der Waals surface area contributed by atoms with E-state index < -0.39 is 12.0 Å². The highest BCUT2D eigenvalue weighted by molar-refractivity contribution is 6.24. The van der Waals surface area contributed by atoms with Crippen LogP contribution < -0.4 is 9.96 Å². The highest BCUT2D eigenvalue weighted by Gasteiger charge is 2.60. The molecule has 3 unspecified atom stereocenters. The van der Waals surface area contributed by atoms with Gasteiger partial charge in [-0.3, -0.25) is 14.4 Å². The van der Waals surface area contributed by atoms with Gasteiger partial charge in [0, 0.05) is 0 Å². The maximum Gasteiger partial charge on any atom is 0.266 e. The first kappa shape index (κ1) is 19.5. The Labute approximate surface area is 181 Å². The van der Waals surface area contributed by atoms with E-state index in [-0.39, 0.29) is 17.9 Å². The van der Waals surface area contributed by atoms with Gasteiger partial charge in [0.25, 0.3) is 5.91 Å². The molecule has 3 atom stereocenters. The third kappa shape index (κ3) is 3.13. The van der Waals surface area contributed by atoms with Crippen molar-refractivity contribution in [3.63, 3.8) is 0 Å². The summed E-state index contributed by atoms with van der Waals surface area (Å²) in [6, 6.07) is 23.1. The molecular formula is C26H24N2O3. The molecule has 0 aromatic heterocycles. The molecule has 5 nitrogen and oxygen atoms in total. The Morgan fingerprint density at radius 2 is 1.45 bits per heavy atom. The highest BCUT2D eigenvalue weighted by atomic mass is 16.7. The second kappa shape index (κ2) is 7.36. The van der Waals surface area contributed by atoms with Crippen LogP contribution in [0.3, 0.4) is 0 Å². The third-order valence-corrected chi connectivity index (χ3v) is 6.14. The fraction of sp³-hybridized carbons (Fsp3) is 0.231. The Hall–Kier alpha value is -3.44. The van der Waals surface area contributed by atoms with E-state index in [0.717, 1.165) is 27.9 Å². The molecule has 0 aliphatic carbocycles. The number of amides is 2. The van der Waals surface area contributed by atoms with Gasteiger partial charge >= 0.3 is 0 Å². The van der Waals surface area contributed by atoms with Crippen molar-refractivity contribution in [2.24, 2.45) is 5.92 Å². The van der Waals surface area contributed by atoms with Crippen LogP contribution >= 0.6 is 0 Å². The van der Waals surface area contributed by atoms with E-state index in [1.54, 1.807) is 5.06 Å². The van der Waals surface area contributed by atoms with E-state index in [1.165, 1.54) is 4.90 Å². The van der Waals surface area contributed by atoms with Gasteiger partial charge in [-0.05, 0) is 50.1 Å². The lowest BCUT2D eigenvalue weighted by Gasteiger charge is -2.29. The van der Waals surface area contributed by atoms with Crippen LogP contribution in [0.15, 0.2) is 72.8 Å². The molecule has 3 aromatic carbocycles.